The molecule has 2 aromatic rings. The average Bonchev–Trinajstić information content (AvgIpc) is 2.81. The molecular formula is C23H25N3O5. The molecule has 3 rings (SSSR count). The van der Waals surface area contributed by atoms with Gasteiger partial charge in [-0.3, -0.25) is 19.2 Å². The second-order valence-electron chi connectivity index (χ2n) is 7.29. The number of amides is 3. The third kappa shape index (κ3) is 5.91. The molecule has 3 N–H and O–H groups in total. The lowest BCUT2D eigenvalue weighted by Gasteiger charge is -2.33. The van der Waals surface area contributed by atoms with Crippen molar-refractivity contribution in [3.05, 3.63) is 60.2 Å². The van der Waals surface area contributed by atoms with Crippen molar-refractivity contribution >= 4 is 23.7 Å². The highest BCUT2D eigenvalue weighted by atomic mass is 16.5. The van der Waals surface area contributed by atoms with Crippen molar-refractivity contribution in [2.45, 2.75) is 25.3 Å². The van der Waals surface area contributed by atoms with Gasteiger partial charge >= 0.3 is 5.97 Å². The lowest BCUT2D eigenvalue weighted by Crippen LogP contribution is -2.51. The summed E-state index contributed by atoms with van der Waals surface area (Å²) in [4.78, 5) is 49.3. The normalized spacial score (nSPS) is 15.7. The second kappa shape index (κ2) is 10.4. The van der Waals surface area contributed by atoms with Crippen molar-refractivity contribution in [2.24, 2.45) is 5.73 Å². The molecule has 1 atom stereocenters. The number of nitrogens with one attached hydrogen (secondary N) is 1. The van der Waals surface area contributed by atoms with Crippen LogP contribution in [0.2, 0.25) is 0 Å². The molecule has 1 fully saturated rings. The van der Waals surface area contributed by atoms with Gasteiger partial charge in [-0.25, -0.2) is 0 Å². The Hall–Kier alpha value is -3.68. The summed E-state index contributed by atoms with van der Waals surface area (Å²) in [5, 5.41) is 2.48. The molecule has 1 saturated heterocycles. The first-order valence-electron chi connectivity index (χ1n) is 10.1. The highest BCUT2D eigenvalue weighted by Gasteiger charge is 2.30. The van der Waals surface area contributed by atoms with Crippen molar-refractivity contribution in [2.75, 3.05) is 19.7 Å². The van der Waals surface area contributed by atoms with E-state index in [1.54, 1.807) is 12.1 Å². The van der Waals surface area contributed by atoms with E-state index >= 15 is 0 Å². The summed E-state index contributed by atoms with van der Waals surface area (Å²) in [6.07, 6.45) is 2.09. The lowest BCUT2D eigenvalue weighted by molar-refractivity contribution is -0.154. The third-order valence-electron chi connectivity index (χ3n) is 5.16. The van der Waals surface area contributed by atoms with Gasteiger partial charge < -0.3 is 20.7 Å². The standard InChI is InChI=1S/C23H25N3O5/c24-22(29)19-8-4-5-13-26(19)20(27)15-31-21(28)14-25-23(30)18-11-9-17(10-12-18)16-6-2-1-3-7-16/h1-3,6-7,9-12,19H,4-5,8,13-15H2,(H2,24,29)(H,25,30)/t19-/m0/s1. The molecule has 0 spiro atoms. The molecule has 162 valence electrons. The Morgan fingerprint density at radius 3 is 2.32 bits per heavy atom. The zero-order chi connectivity index (χ0) is 22.2. The number of primary amides is 1. The Labute approximate surface area is 180 Å². The summed E-state index contributed by atoms with van der Waals surface area (Å²) < 4.78 is 4.95. The van der Waals surface area contributed by atoms with Crippen LogP contribution in [-0.4, -0.2) is 54.3 Å². The Kier molecular flexibility index (Phi) is 7.37. The number of carbonyl (C=O) groups is 4. The molecule has 3 amide bonds. The van der Waals surface area contributed by atoms with Gasteiger partial charge in [-0.2, -0.15) is 0 Å². The SMILES string of the molecule is NC(=O)[C@@H]1CCCCN1C(=O)COC(=O)CNC(=O)c1ccc(-c2ccccc2)cc1. The quantitative estimate of drug-likeness (QED) is 0.654. The summed E-state index contributed by atoms with van der Waals surface area (Å²) in [5.74, 6) is -2.20. The van der Waals surface area contributed by atoms with Crippen molar-refractivity contribution in [1.82, 2.24) is 10.2 Å². The smallest absolute Gasteiger partial charge is 0.325 e. The van der Waals surface area contributed by atoms with Crippen LogP contribution in [-0.2, 0) is 19.1 Å². The molecule has 8 nitrogen and oxygen atoms in total. The lowest BCUT2D eigenvalue weighted by atomic mass is 10.0. The van der Waals surface area contributed by atoms with Crippen molar-refractivity contribution < 1.29 is 23.9 Å². The minimum atomic E-state index is -0.741. The number of rotatable bonds is 7. The molecule has 0 unspecified atom stereocenters. The predicted octanol–water partition coefficient (Wildman–Crippen LogP) is 1.49. The van der Waals surface area contributed by atoms with E-state index in [0.29, 0.717) is 18.5 Å². The zero-order valence-electron chi connectivity index (χ0n) is 17.1. The van der Waals surface area contributed by atoms with Crippen LogP contribution in [0.3, 0.4) is 0 Å². The molecule has 0 radical (unpaired) electrons. The van der Waals surface area contributed by atoms with E-state index in [4.69, 9.17) is 10.5 Å². The fraction of sp³-hybridized carbons (Fsp3) is 0.304. The van der Waals surface area contributed by atoms with Crippen LogP contribution < -0.4 is 11.1 Å². The molecule has 0 bridgehead atoms. The summed E-state index contributed by atoms with van der Waals surface area (Å²) in [7, 11) is 0. The van der Waals surface area contributed by atoms with Gasteiger partial charge in [0.1, 0.15) is 12.6 Å². The first-order valence-corrected chi connectivity index (χ1v) is 10.1. The van der Waals surface area contributed by atoms with Crippen molar-refractivity contribution in [3.8, 4) is 11.1 Å². The number of piperidine rings is 1. The van der Waals surface area contributed by atoms with Crippen LogP contribution in [0.5, 0.6) is 0 Å². The van der Waals surface area contributed by atoms with E-state index in [1.807, 2.05) is 42.5 Å². The number of hydrogen-bond acceptors (Lipinski definition) is 5. The van der Waals surface area contributed by atoms with Gasteiger partial charge in [0.05, 0.1) is 0 Å². The minimum Gasteiger partial charge on any atom is -0.454 e. The highest BCUT2D eigenvalue weighted by Crippen LogP contribution is 2.19. The van der Waals surface area contributed by atoms with Gasteiger partial charge in [-0.15, -0.1) is 0 Å². The van der Waals surface area contributed by atoms with Gasteiger partial charge in [-0.1, -0.05) is 42.5 Å². The zero-order valence-corrected chi connectivity index (χ0v) is 17.1. The van der Waals surface area contributed by atoms with Crippen LogP contribution in [0.1, 0.15) is 29.6 Å². The Morgan fingerprint density at radius 2 is 1.65 bits per heavy atom. The van der Waals surface area contributed by atoms with Crippen LogP contribution in [0.25, 0.3) is 11.1 Å². The van der Waals surface area contributed by atoms with Gasteiger partial charge in [-0.05, 0) is 42.5 Å². The summed E-state index contributed by atoms with van der Waals surface area (Å²) in [6.45, 7) is -0.463. The van der Waals surface area contributed by atoms with E-state index < -0.39 is 36.3 Å². The number of nitrogens with two attached hydrogens (primary N) is 1. The second-order valence-corrected chi connectivity index (χ2v) is 7.29. The van der Waals surface area contributed by atoms with Crippen LogP contribution in [0.15, 0.2) is 54.6 Å². The first kappa shape index (κ1) is 22.0. The number of benzene rings is 2. The van der Waals surface area contributed by atoms with E-state index in [9.17, 15) is 19.2 Å². The number of likely N-dealkylation sites (tertiary alicyclic amines) is 1. The Morgan fingerprint density at radius 1 is 0.968 bits per heavy atom. The van der Waals surface area contributed by atoms with Gasteiger partial charge in [0.2, 0.25) is 5.91 Å². The Balaban J connectivity index is 1.45. The molecule has 0 saturated carbocycles. The maximum absolute atomic E-state index is 12.3. The van der Waals surface area contributed by atoms with Gasteiger partial charge in [0.25, 0.3) is 11.8 Å². The monoisotopic (exact) mass is 423 g/mol. The number of carbonyl (C=O) groups excluding carboxylic acids is 4. The van der Waals surface area contributed by atoms with Crippen LogP contribution >= 0.6 is 0 Å². The summed E-state index contributed by atoms with van der Waals surface area (Å²) in [6, 6.07) is 16.1. The fourth-order valence-corrected chi connectivity index (χ4v) is 3.50. The van der Waals surface area contributed by atoms with E-state index in [1.165, 1.54) is 4.90 Å². The summed E-state index contributed by atoms with van der Waals surface area (Å²) >= 11 is 0. The van der Waals surface area contributed by atoms with Crippen LogP contribution in [0.4, 0.5) is 0 Å². The molecule has 1 heterocycles. The van der Waals surface area contributed by atoms with E-state index in [2.05, 4.69) is 5.32 Å². The molecule has 1 aliphatic heterocycles. The molecule has 0 aliphatic carbocycles. The maximum atomic E-state index is 12.3. The molecule has 2 aromatic carbocycles. The molecule has 31 heavy (non-hydrogen) atoms. The number of ether oxygens (including phenoxy) is 1. The first-order chi connectivity index (χ1) is 15.0. The molecule has 1 aliphatic rings. The molecular weight excluding hydrogens is 398 g/mol. The maximum Gasteiger partial charge on any atom is 0.325 e. The van der Waals surface area contributed by atoms with Gasteiger partial charge in [0, 0.05) is 12.1 Å². The topological polar surface area (TPSA) is 119 Å². The minimum absolute atomic E-state index is 0.369. The fourth-order valence-electron chi connectivity index (χ4n) is 3.50. The molecule has 8 heteroatoms. The number of esters is 1. The highest BCUT2D eigenvalue weighted by molar-refractivity contribution is 5.96. The van der Waals surface area contributed by atoms with Gasteiger partial charge in [0.15, 0.2) is 6.61 Å². The number of hydrogen-bond donors (Lipinski definition) is 2. The predicted molar refractivity (Wildman–Crippen MR) is 114 cm³/mol. The van der Waals surface area contributed by atoms with E-state index in [0.717, 1.165) is 24.0 Å². The number of nitrogens with zero attached hydrogens (tertiary/aromatic N) is 1. The van der Waals surface area contributed by atoms with Crippen molar-refractivity contribution in [1.29, 1.82) is 0 Å². The van der Waals surface area contributed by atoms with Crippen LogP contribution in [0, 0.1) is 0 Å². The van der Waals surface area contributed by atoms with E-state index in [-0.39, 0.29) is 6.54 Å². The third-order valence-corrected chi connectivity index (χ3v) is 5.16. The average molecular weight is 423 g/mol. The Bertz CT molecular complexity index is 943. The summed E-state index contributed by atoms with van der Waals surface area (Å²) in [5.41, 5.74) is 7.76. The molecule has 0 aromatic heterocycles. The largest absolute Gasteiger partial charge is 0.454 e. The van der Waals surface area contributed by atoms with Crippen molar-refractivity contribution in [3.63, 3.8) is 0 Å².